The van der Waals surface area contributed by atoms with E-state index in [1.165, 1.54) is 11.1 Å². The van der Waals surface area contributed by atoms with Crippen LogP contribution in [0.15, 0.2) is 48.5 Å². The van der Waals surface area contributed by atoms with Gasteiger partial charge in [0.25, 0.3) is 0 Å². The third-order valence-corrected chi connectivity index (χ3v) is 3.17. The number of halogens is 1. The summed E-state index contributed by atoms with van der Waals surface area (Å²) >= 11 is 5.98. The van der Waals surface area contributed by atoms with Crippen molar-refractivity contribution in [1.82, 2.24) is 0 Å². The molecular weight excluding hydrogens is 230 g/mol. The van der Waals surface area contributed by atoms with Crippen molar-refractivity contribution in [1.29, 1.82) is 0 Å². The maximum Gasteiger partial charge on any atom is 0.0412 e. The first kappa shape index (κ1) is 12.2. The first-order chi connectivity index (χ1) is 8.20. The maximum atomic E-state index is 5.99. The number of benzene rings is 2. The lowest BCUT2D eigenvalue weighted by Crippen LogP contribution is -2.07. The van der Waals surface area contributed by atoms with E-state index in [1.54, 1.807) is 0 Å². The predicted octanol–water partition coefficient (Wildman–Crippen LogP) is 4.42. The lowest BCUT2D eigenvalue weighted by atomic mass is 10.0. The molecule has 0 fully saturated rings. The Bertz CT molecular complexity index is 491. The van der Waals surface area contributed by atoms with Gasteiger partial charge in [-0.2, -0.15) is 0 Å². The number of hydrogen-bond acceptors (Lipinski definition) is 1. The summed E-state index contributed by atoms with van der Waals surface area (Å²) in [6.07, 6.45) is 0.955. The van der Waals surface area contributed by atoms with Gasteiger partial charge >= 0.3 is 0 Å². The zero-order valence-electron chi connectivity index (χ0n) is 9.86. The van der Waals surface area contributed by atoms with E-state index in [2.05, 4.69) is 37.3 Å². The van der Waals surface area contributed by atoms with E-state index in [0.717, 1.165) is 17.0 Å². The molecule has 88 valence electrons. The molecule has 0 radical (unpaired) electrons. The maximum absolute atomic E-state index is 5.99. The molecule has 0 aliphatic carbocycles. The van der Waals surface area contributed by atoms with Gasteiger partial charge in [0, 0.05) is 11.1 Å². The summed E-state index contributed by atoms with van der Waals surface area (Å²) in [6.45, 7) is 2.09. The second-order valence-electron chi connectivity index (χ2n) is 4.15. The minimum absolute atomic E-state index is 0.128. The smallest absolute Gasteiger partial charge is 0.0412 e. The normalized spacial score (nSPS) is 12.4. The summed E-state index contributed by atoms with van der Waals surface area (Å²) < 4.78 is 0. The Labute approximate surface area is 107 Å². The Morgan fingerprint density at radius 2 is 1.76 bits per heavy atom. The van der Waals surface area contributed by atoms with Crippen LogP contribution in [0.4, 0.5) is 0 Å². The van der Waals surface area contributed by atoms with Gasteiger partial charge in [-0.1, -0.05) is 54.9 Å². The molecule has 0 saturated carbocycles. The molecule has 2 aromatic rings. The SMILES string of the molecule is CCC(N)c1ccc(-c2cccc(Cl)c2)cc1. The van der Waals surface area contributed by atoms with Gasteiger partial charge in [0.15, 0.2) is 0 Å². The van der Waals surface area contributed by atoms with Crippen molar-refractivity contribution < 1.29 is 0 Å². The third kappa shape index (κ3) is 2.87. The van der Waals surface area contributed by atoms with Crippen molar-refractivity contribution in [2.45, 2.75) is 19.4 Å². The fourth-order valence-corrected chi connectivity index (χ4v) is 2.02. The fourth-order valence-electron chi connectivity index (χ4n) is 1.83. The molecule has 2 N–H and O–H groups in total. The highest BCUT2D eigenvalue weighted by Crippen LogP contribution is 2.24. The Hall–Kier alpha value is -1.31. The van der Waals surface area contributed by atoms with Crippen LogP contribution in [-0.4, -0.2) is 0 Å². The Balaban J connectivity index is 2.29. The van der Waals surface area contributed by atoms with Crippen molar-refractivity contribution in [2.24, 2.45) is 5.73 Å². The molecular formula is C15H16ClN. The molecule has 2 rings (SSSR count). The standard InChI is InChI=1S/C15H16ClN/c1-2-15(17)12-8-6-11(7-9-12)13-4-3-5-14(16)10-13/h3-10,15H,2,17H2,1H3. The topological polar surface area (TPSA) is 26.0 Å². The Morgan fingerprint density at radius 3 is 2.35 bits per heavy atom. The molecule has 2 aromatic carbocycles. The molecule has 0 heterocycles. The van der Waals surface area contributed by atoms with E-state index < -0.39 is 0 Å². The van der Waals surface area contributed by atoms with E-state index in [-0.39, 0.29) is 6.04 Å². The van der Waals surface area contributed by atoms with Crippen LogP contribution in [0.2, 0.25) is 5.02 Å². The van der Waals surface area contributed by atoms with E-state index >= 15 is 0 Å². The van der Waals surface area contributed by atoms with Crippen molar-refractivity contribution in [2.75, 3.05) is 0 Å². The van der Waals surface area contributed by atoms with Gasteiger partial charge in [-0.25, -0.2) is 0 Å². The molecule has 2 heteroatoms. The van der Waals surface area contributed by atoms with Crippen molar-refractivity contribution in [3.63, 3.8) is 0 Å². The monoisotopic (exact) mass is 245 g/mol. The van der Waals surface area contributed by atoms with E-state index in [0.29, 0.717) is 0 Å². The van der Waals surface area contributed by atoms with Crippen molar-refractivity contribution in [3.05, 3.63) is 59.1 Å². The molecule has 0 aromatic heterocycles. The van der Waals surface area contributed by atoms with Crippen molar-refractivity contribution in [3.8, 4) is 11.1 Å². The highest BCUT2D eigenvalue weighted by atomic mass is 35.5. The summed E-state index contributed by atoms with van der Waals surface area (Å²) in [5.74, 6) is 0. The minimum atomic E-state index is 0.128. The average Bonchev–Trinajstić information content (AvgIpc) is 2.38. The third-order valence-electron chi connectivity index (χ3n) is 2.94. The summed E-state index contributed by atoms with van der Waals surface area (Å²) in [5, 5.41) is 0.761. The number of nitrogens with two attached hydrogens (primary N) is 1. The highest BCUT2D eigenvalue weighted by Gasteiger charge is 2.03. The van der Waals surface area contributed by atoms with Crippen molar-refractivity contribution >= 4 is 11.6 Å². The summed E-state index contributed by atoms with van der Waals surface area (Å²) in [5.41, 5.74) is 9.46. The highest BCUT2D eigenvalue weighted by molar-refractivity contribution is 6.30. The zero-order valence-corrected chi connectivity index (χ0v) is 10.6. The molecule has 0 aliphatic rings. The molecule has 0 aliphatic heterocycles. The molecule has 1 unspecified atom stereocenters. The van der Waals surface area contributed by atoms with Crippen LogP contribution in [-0.2, 0) is 0 Å². The largest absolute Gasteiger partial charge is 0.324 e. The van der Waals surface area contributed by atoms with E-state index in [4.69, 9.17) is 17.3 Å². The van der Waals surface area contributed by atoms with Crippen LogP contribution in [0.1, 0.15) is 24.9 Å². The predicted molar refractivity (Wildman–Crippen MR) is 74.1 cm³/mol. The Morgan fingerprint density at radius 1 is 1.06 bits per heavy atom. The molecule has 1 atom stereocenters. The first-order valence-electron chi connectivity index (χ1n) is 5.82. The van der Waals surface area contributed by atoms with Gasteiger partial charge in [-0.15, -0.1) is 0 Å². The second kappa shape index (κ2) is 5.35. The molecule has 0 bridgehead atoms. The average molecular weight is 246 g/mol. The van der Waals surface area contributed by atoms with Crippen LogP contribution in [0.25, 0.3) is 11.1 Å². The molecule has 17 heavy (non-hydrogen) atoms. The minimum Gasteiger partial charge on any atom is -0.324 e. The fraction of sp³-hybridized carbons (Fsp3) is 0.200. The lowest BCUT2D eigenvalue weighted by molar-refractivity contribution is 0.699. The molecule has 0 saturated heterocycles. The summed E-state index contributed by atoms with van der Waals surface area (Å²) in [7, 11) is 0. The lowest BCUT2D eigenvalue weighted by Gasteiger charge is -2.10. The quantitative estimate of drug-likeness (QED) is 0.851. The van der Waals surface area contributed by atoms with Crippen LogP contribution in [0.5, 0.6) is 0 Å². The van der Waals surface area contributed by atoms with Gasteiger partial charge in [-0.3, -0.25) is 0 Å². The van der Waals surface area contributed by atoms with Gasteiger partial charge in [0.1, 0.15) is 0 Å². The second-order valence-corrected chi connectivity index (χ2v) is 4.58. The van der Waals surface area contributed by atoms with Crippen LogP contribution < -0.4 is 5.73 Å². The van der Waals surface area contributed by atoms with Gasteiger partial charge in [0.2, 0.25) is 0 Å². The van der Waals surface area contributed by atoms with Crippen LogP contribution in [0, 0.1) is 0 Å². The Kier molecular flexibility index (Phi) is 3.82. The van der Waals surface area contributed by atoms with E-state index in [1.807, 2.05) is 18.2 Å². The van der Waals surface area contributed by atoms with Crippen LogP contribution in [0.3, 0.4) is 0 Å². The van der Waals surface area contributed by atoms with E-state index in [9.17, 15) is 0 Å². The number of rotatable bonds is 3. The molecule has 0 amide bonds. The van der Waals surface area contributed by atoms with Gasteiger partial charge in [0.05, 0.1) is 0 Å². The zero-order chi connectivity index (χ0) is 12.3. The van der Waals surface area contributed by atoms with Gasteiger partial charge < -0.3 is 5.73 Å². The number of hydrogen-bond donors (Lipinski definition) is 1. The molecule has 1 nitrogen and oxygen atoms in total. The first-order valence-corrected chi connectivity index (χ1v) is 6.20. The van der Waals surface area contributed by atoms with Gasteiger partial charge in [-0.05, 0) is 35.2 Å². The molecule has 0 spiro atoms. The summed E-state index contributed by atoms with van der Waals surface area (Å²) in [6, 6.07) is 16.4. The summed E-state index contributed by atoms with van der Waals surface area (Å²) in [4.78, 5) is 0. The van der Waals surface area contributed by atoms with Crippen LogP contribution >= 0.6 is 11.6 Å².